The number of halogens is 2. The van der Waals surface area contributed by atoms with Crippen LogP contribution in [-0.4, -0.2) is 15.2 Å². The lowest BCUT2D eigenvalue weighted by Gasteiger charge is -2.19. The molecule has 1 aliphatic heterocycles. The van der Waals surface area contributed by atoms with E-state index in [2.05, 4.69) is 20.9 Å². The summed E-state index contributed by atoms with van der Waals surface area (Å²) in [5.74, 6) is 0.465. The average molecular weight is 210 g/mol. The van der Waals surface area contributed by atoms with Crippen LogP contribution >= 0.6 is 27.7 Å². The summed E-state index contributed by atoms with van der Waals surface area (Å²) in [4.78, 5) is 3.63. The predicted octanol–water partition coefficient (Wildman–Crippen LogP) is 1.01. The molecule has 1 rings (SSSR count). The molecule has 0 fully saturated rings. The van der Waals surface area contributed by atoms with Crippen LogP contribution in [0.25, 0.3) is 0 Å². The SMILES string of the molecule is NC1=NC=CN(Cl)C1Br. The summed E-state index contributed by atoms with van der Waals surface area (Å²) in [7, 11) is 0. The molecule has 0 aromatic rings. The normalized spacial score (nSPS) is 26.2. The molecule has 1 heterocycles. The predicted molar refractivity (Wildman–Crippen MR) is 41.2 cm³/mol. The van der Waals surface area contributed by atoms with E-state index in [1.807, 2.05) is 0 Å². The Balaban J connectivity index is 2.73. The Hall–Kier alpha value is -0.220. The van der Waals surface area contributed by atoms with E-state index in [4.69, 9.17) is 17.5 Å². The number of rotatable bonds is 0. The lowest BCUT2D eigenvalue weighted by Crippen LogP contribution is -2.33. The highest BCUT2D eigenvalue weighted by molar-refractivity contribution is 9.10. The maximum Gasteiger partial charge on any atom is 0.157 e. The van der Waals surface area contributed by atoms with Gasteiger partial charge in [-0.25, -0.2) is 4.99 Å². The Kier molecular flexibility index (Phi) is 1.97. The molecule has 0 aromatic carbocycles. The molecule has 9 heavy (non-hydrogen) atoms. The molecule has 0 saturated heterocycles. The fourth-order valence-electron chi connectivity index (χ4n) is 0.447. The van der Waals surface area contributed by atoms with Crippen molar-refractivity contribution < 1.29 is 0 Å². The zero-order valence-corrected chi connectivity index (χ0v) is 6.80. The standard InChI is InChI=1S/C4H5BrClN3/c5-3-4(7)8-1-2-9(3)6/h1-3H,(H2,7,8). The Labute approximate surface area is 66.4 Å². The lowest BCUT2D eigenvalue weighted by molar-refractivity contribution is 0.651. The minimum Gasteiger partial charge on any atom is -0.385 e. The van der Waals surface area contributed by atoms with Crippen molar-refractivity contribution >= 4 is 33.5 Å². The third-order valence-electron chi connectivity index (χ3n) is 0.893. The summed E-state index contributed by atoms with van der Waals surface area (Å²) in [5, 5.41) is 0. The Morgan fingerprint density at radius 3 is 3.00 bits per heavy atom. The number of amidine groups is 1. The molecular weight excluding hydrogens is 205 g/mol. The molecule has 0 amide bonds. The second kappa shape index (κ2) is 2.58. The highest BCUT2D eigenvalue weighted by Gasteiger charge is 2.15. The van der Waals surface area contributed by atoms with E-state index < -0.39 is 0 Å². The Morgan fingerprint density at radius 1 is 1.89 bits per heavy atom. The molecule has 0 aliphatic carbocycles. The van der Waals surface area contributed by atoms with E-state index in [0.29, 0.717) is 5.84 Å². The van der Waals surface area contributed by atoms with Crippen LogP contribution in [0, 0.1) is 0 Å². The van der Waals surface area contributed by atoms with Crippen molar-refractivity contribution in [3.05, 3.63) is 12.4 Å². The van der Waals surface area contributed by atoms with Crippen LogP contribution in [-0.2, 0) is 0 Å². The van der Waals surface area contributed by atoms with Crippen LogP contribution in [0.15, 0.2) is 17.4 Å². The molecule has 50 valence electrons. The molecule has 2 N–H and O–H groups in total. The molecular formula is C4H5BrClN3. The van der Waals surface area contributed by atoms with Gasteiger partial charge in [0, 0.05) is 24.2 Å². The first-order valence-electron chi connectivity index (χ1n) is 2.30. The third-order valence-corrected chi connectivity index (χ3v) is 2.35. The molecule has 5 heteroatoms. The fourth-order valence-corrected chi connectivity index (χ4v) is 0.852. The topological polar surface area (TPSA) is 41.6 Å². The summed E-state index contributed by atoms with van der Waals surface area (Å²) < 4.78 is 1.41. The number of aliphatic imine (C=N–C) groups is 1. The highest BCUT2D eigenvalue weighted by Crippen LogP contribution is 2.14. The van der Waals surface area contributed by atoms with Gasteiger partial charge in [0.05, 0.1) is 0 Å². The highest BCUT2D eigenvalue weighted by atomic mass is 79.9. The number of alkyl halides is 1. The second-order valence-electron chi connectivity index (χ2n) is 1.53. The number of nitrogens with two attached hydrogens (primary N) is 1. The van der Waals surface area contributed by atoms with E-state index in [1.54, 1.807) is 12.4 Å². The van der Waals surface area contributed by atoms with E-state index in [-0.39, 0.29) is 4.95 Å². The first-order chi connectivity index (χ1) is 4.22. The molecule has 1 atom stereocenters. The van der Waals surface area contributed by atoms with Crippen molar-refractivity contribution in [3.63, 3.8) is 0 Å². The van der Waals surface area contributed by atoms with Gasteiger partial charge in [-0.15, -0.1) is 0 Å². The minimum absolute atomic E-state index is 0.177. The summed E-state index contributed by atoms with van der Waals surface area (Å²) in [6.07, 6.45) is 3.16. The van der Waals surface area contributed by atoms with Crippen molar-refractivity contribution in [3.8, 4) is 0 Å². The van der Waals surface area contributed by atoms with Crippen molar-refractivity contribution in [1.82, 2.24) is 4.42 Å². The number of nitrogens with zero attached hydrogens (tertiary/aromatic N) is 2. The quantitative estimate of drug-likeness (QED) is 0.368. The first kappa shape index (κ1) is 6.89. The molecule has 0 saturated carbocycles. The van der Waals surface area contributed by atoms with Gasteiger partial charge in [-0.2, -0.15) is 0 Å². The van der Waals surface area contributed by atoms with Crippen LogP contribution in [0.4, 0.5) is 0 Å². The second-order valence-corrected chi connectivity index (χ2v) is 2.79. The molecule has 0 spiro atoms. The maximum atomic E-state index is 5.60. The van der Waals surface area contributed by atoms with Crippen molar-refractivity contribution in [2.24, 2.45) is 10.7 Å². The molecule has 0 bridgehead atoms. The smallest absolute Gasteiger partial charge is 0.157 e. The van der Waals surface area contributed by atoms with Gasteiger partial charge in [0.25, 0.3) is 0 Å². The van der Waals surface area contributed by atoms with E-state index >= 15 is 0 Å². The summed E-state index contributed by atoms with van der Waals surface area (Å²) >= 11 is 8.81. The third kappa shape index (κ3) is 1.37. The van der Waals surface area contributed by atoms with Gasteiger partial charge in [-0.1, -0.05) is 15.9 Å². The molecule has 0 aromatic heterocycles. The number of hydrogen-bond acceptors (Lipinski definition) is 3. The van der Waals surface area contributed by atoms with Crippen LogP contribution in [0.5, 0.6) is 0 Å². The van der Waals surface area contributed by atoms with Crippen molar-refractivity contribution in [2.45, 2.75) is 4.95 Å². The molecule has 0 radical (unpaired) electrons. The zero-order valence-electron chi connectivity index (χ0n) is 4.46. The molecule has 3 nitrogen and oxygen atoms in total. The Morgan fingerprint density at radius 2 is 2.56 bits per heavy atom. The fraction of sp³-hybridized carbons (Fsp3) is 0.250. The average Bonchev–Trinajstić information content (AvgIpc) is 1.83. The van der Waals surface area contributed by atoms with Gasteiger partial charge >= 0.3 is 0 Å². The van der Waals surface area contributed by atoms with E-state index in [0.717, 1.165) is 0 Å². The summed E-state index contributed by atoms with van der Waals surface area (Å²) in [5.41, 5.74) is 5.39. The van der Waals surface area contributed by atoms with Gasteiger partial charge in [0.1, 0.15) is 5.84 Å². The maximum absolute atomic E-state index is 5.60. The largest absolute Gasteiger partial charge is 0.385 e. The van der Waals surface area contributed by atoms with Crippen LogP contribution < -0.4 is 5.73 Å². The number of hydrogen-bond donors (Lipinski definition) is 1. The first-order valence-corrected chi connectivity index (χ1v) is 3.55. The van der Waals surface area contributed by atoms with Crippen LogP contribution in [0.1, 0.15) is 0 Å². The minimum atomic E-state index is -0.177. The van der Waals surface area contributed by atoms with E-state index in [9.17, 15) is 0 Å². The van der Waals surface area contributed by atoms with Crippen molar-refractivity contribution in [2.75, 3.05) is 0 Å². The summed E-state index contributed by atoms with van der Waals surface area (Å²) in [6, 6.07) is 0. The zero-order chi connectivity index (χ0) is 6.85. The summed E-state index contributed by atoms with van der Waals surface area (Å²) in [6.45, 7) is 0. The van der Waals surface area contributed by atoms with Gasteiger partial charge in [0.15, 0.2) is 4.95 Å². The molecule has 1 aliphatic rings. The van der Waals surface area contributed by atoms with Crippen molar-refractivity contribution in [1.29, 1.82) is 0 Å². The molecule has 1 unspecified atom stereocenters. The van der Waals surface area contributed by atoms with Crippen LogP contribution in [0.3, 0.4) is 0 Å². The van der Waals surface area contributed by atoms with Gasteiger partial charge in [0.2, 0.25) is 0 Å². The van der Waals surface area contributed by atoms with E-state index in [1.165, 1.54) is 4.42 Å². The van der Waals surface area contributed by atoms with Gasteiger partial charge < -0.3 is 5.73 Å². The van der Waals surface area contributed by atoms with Gasteiger partial charge in [-0.05, 0) is 0 Å². The Bertz CT molecular complexity index is 167. The monoisotopic (exact) mass is 209 g/mol. The van der Waals surface area contributed by atoms with Crippen LogP contribution in [0.2, 0.25) is 0 Å². The lowest BCUT2D eigenvalue weighted by atomic mass is 10.5. The van der Waals surface area contributed by atoms with Gasteiger partial charge in [-0.3, -0.25) is 4.42 Å².